The molecule has 1 aromatic heterocycles. The molecule has 0 aliphatic carbocycles. The van der Waals surface area contributed by atoms with E-state index in [2.05, 4.69) is 16.1 Å². The Kier molecular flexibility index (Phi) is 5.21. The first-order valence-electron chi connectivity index (χ1n) is 9.57. The molecule has 5 nitrogen and oxygen atoms in total. The van der Waals surface area contributed by atoms with Gasteiger partial charge in [-0.3, -0.25) is 9.69 Å². The van der Waals surface area contributed by atoms with Crippen LogP contribution in [0, 0.1) is 5.82 Å². The van der Waals surface area contributed by atoms with Crippen molar-refractivity contribution in [1.29, 1.82) is 0 Å². The van der Waals surface area contributed by atoms with Gasteiger partial charge in [0.1, 0.15) is 11.6 Å². The van der Waals surface area contributed by atoms with Gasteiger partial charge in [-0.25, -0.2) is 9.07 Å². The molecular weight excluding hydrogens is 355 g/mol. The van der Waals surface area contributed by atoms with Crippen LogP contribution >= 0.6 is 0 Å². The van der Waals surface area contributed by atoms with E-state index in [9.17, 15) is 9.18 Å². The van der Waals surface area contributed by atoms with E-state index >= 15 is 0 Å². The van der Waals surface area contributed by atoms with E-state index in [0.717, 1.165) is 25.2 Å². The van der Waals surface area contributed by atoms with Crippen LogP contribution in [0.2, 0.25) is 0 Å². The molecule has 1 aliphatic heterocycles. The number of anilines is 1. The summed E-state index contributed by atoms with van der Waals surface area (Å²) in [6, 6.07) is 13.5. The third-order valence-electron chi connectivity index (χ3n) is 5.17. The third-order valence-corrected chi connectivity index (χ3v) is 5.17. The summed E-state index contributed by atoms with van der Waals surface area (Å²) in [6.45, 7) is 3.07. The Bertz CT molecular complexity index is 974. The summed E-state index contributed by atoms with van der Waals surface area (Å²) in [5.74, 6) is -0.249. The van der Waals surface area contributed by atoms with Gasteiger partial charge in [-0.2, -0.15) is 5.10 Å². The zero-order valence-corrected chi connectivity index (χ0v) is 15.6. The molecule has 1 aliphatic rings. The Balaban J connectivity index is 1.56. The van der Waals surface area contributed by atoms with Crippen LogP contribution in [-0.2, 0) is 6.54 Å². The number of nitrogens with zero attached hydrogens (tertiary/aromatic N) is 3. The van der Waals surface area contributed by atoms with Crippen LogP contribution in [0.1, 0.15) is 40.7 Å². The number of carbonyl (C=O) groups is 1. The van der Waals surface area contributed by atoms with Crippen molar-refractivity contribution in [3.05, 3.63) is 77.2 Å². The van der Waals surface area contributed by atoms with Crippen molar-refractivity contribution < 1.29 is 9.18 Å². The standard InChI is InChI=1S/C22H23FN4O/c23-18-7-9-19(10-8-18)27-22(24)20(14-25-27)21(28)17-6-4-5-16(13-17)15-26-11-2-1-3-12-26/h4-10,13-14H,1-3,11-12,15,24H2. The van der Waals surface area contributed by atoms with Crippen LogP contribution in [0.5, 0.6) is 0 Å². The topological polar surface area (TPSA) is 64.2 Å². The second-order valence-electron chi connectivity index (χ2n) is 7.20. The first-order chi connectivity index (χ1) is 13.6. The number of aromatic nitrogens is 2. The molecule has 28 heavy (non-hydrogen) atoms. The predicted molar refractivity (Wildman–Crippen MR) is 107 cm³/mol. The lowest BCUT2D eigenvalue weighted by molar-refractivity contribution is 0.103. The van der Waals surface area contributed by atoms with Crippen LogP contribution in [0.4, 0.5) is 10.2 Å². The lowest BCUT2D eigenvalue weighted by Gasteiger charge is -2.26. The molecule has 0 saturated carbocycles. The van der Waals surface area contributed by atoms with Crippen LogP contribution in [0.3, 0.4) is 0 Å². The van der Waals surface area contributed by atoms with Crippen molar-refractivity contribution >= 4 is 11.6 Å². The van der Waals surface area contributed by atoms with Crippen molar-refractivity contribution in [2.75, 3.05) is 18.8 Å². The fraction of sp³-hybridized carbons (Fsp3) is 0.273. The molecule has 1 fully saturated rings. The number of nitrogens with two attached hydrogens (primary N) is 1. The lowest BCUT2D eigenvalue weighted by Crippen LogP contribution is -2.29. The van der Waals surface area contributed by atoms with E-state index in [1.54, 1.807) is 18.2 Å². The Morgan fingerprint density at radius 3 is 2.57 bits per heavy atom. The number of nitrogen functional groups attached to an aromatic ring is 1. The number of hydrogen-bond acceptors (Lipinski definition) is 4. The quantitative estimate of drug-likeness (QED) is 0.686. The molecule has 4 rings (SSSR count). The highest BCUT2D eigenvalue weighted by atomic mass is 19.1. The number of rotatable bonds is 5. The molecule has 0 spiro atoms. The summed E-state index contributed by atoms with van der Waals surface area (Å²) < 4.78 is 14.6. The van der Waals surface area contributed by atoms with Gasteiger partial charge in [0.05, 0.1) is 17.4 Å². The SMILES string of the molecule is Nc1c(C(=O)c2cccc(CN3CCCCC3)c2)cnn1-c1ccc(F)cc1. The van der Waals surface area contributed by atoms with Crippen LogP contribution in [0.15, 0.2) is 54.7 Å². The number of carbonyl (C=O) groups excluding carboxylic acids is 1. The van der Waals surface area contributed by atoms with Crippen molar-refractivity contribution in [3.63, 3.8) is 0 Å². The summed E-state index contributed by atoms with van der Waals surface area (Å²) >= 11 is 0. The summed E-state index contributed by atoms with van der Waals surface area (Å²) in [5.41, 5.74) is 8.85. The molecule has 2 heterocycles. The number of hydrogen-bond donors (Lipinski definition) is 1. The average molecular weight is 378 g/mol. The number of piperidine rings is 1. The molecule has 144 valence electrons. The van der Waals surface area contributed by atoms with Gasteiger partial charge in [0, 0.05) is 12.1 Å². The largest absolute Gasteiger partial charge is 0.383 e. The fourth-order valence-corrected chi connectivity index (χ4v) is 3.66. The van der Waals surface area contributed by atoms with E-state index in [4.69, 9.17) is 5.73 Å². The molecule has 0 atom stereocenters. The Morgan fingerprint density at radius 1 is 1.07 bits per heavy atom. The van der Waals surface area contributed by atoms with E-state index in [1.807, 2.05) is 12.1 Å². The molecule has 2 N–H and O–H groups in total. The smallest absolute Gasteiger partial charge is 0.198 e. The lowest BCUT2D eigenvalue weighted by atomic mass is 10.0. The molecule has 0 bridgehead atoms. The highest BCUT2D eigenvalue weighted by Gasteiger charge is 2.19. The predicted octanol–water partition coefficient (Wildman–Crippen LogP) is 3.81. The molecule has 2 aromatic carbocycles. The van der Waals surface area contributed by atoms with Crippen LogP contribution in [-0.4, -0.2) is 33.6 Å². The van der Waals surface area contributed by atoms with E-state index in [1.165, 1.54) is 42.3 Å². The van der Waals surface area contributed by atoms with Crippen molar-refractivity contribution in [3.8, 4) is 5.69 Å². The molecule has 6 heteroatoms. The number of benzene rings is 2. The van der Waals surface area contributed by atoms with Gasteiger partial charge >= 0.3 is 0 Å². The minimum absolute atomic E-state index is 0.161. The summed E-state index contributed by atoms with van der Waals surface area (Å²) in [7, 11) is 0. The highest BCUT2D eigenvalue weighted by Crippen LogP contribution is 2.22. The van der Waals surface area contributed by atoms with Crippen molar-refractivity contribution in [2.24, 2.45) is 0 Å². The number of ketones is 1. The Labute approximate surface area is 163 Å². The van der Waals surface area contributed by atoms with Gasteiger partial charge in [0.25, 0.3) is 0 Å². The maximum atomic E-state index is 13.1. The summed E-state index contributed by atoms with van der Waals surface area (Å²) in [6.07, 6.45) is 5.24. The normalized spacial score (nSPS) is 14.9. The Morgan fingerprint density at radius 2 is 1.82 bits per heavy atom. The van der Waals surface area contributed by atoms with Gasteiger partial charge in [-0.15, -0.1) is 0 Å². The molecule has 0 unspecified atom stereocenters. The van der Waals surface area contributed by atoms with Gasteiger partial charge in [0.15, 0.2) is 5.78 Å². The summed E-state index contributed by atoms with van der Waals surface area (Å²) in [4.78, 5) is 15.4. The van der Waals surface area contributed by atoms with Gasteiger partial charge in [-0.05, 0) is 61.8 Å². The van der Waals surface area contributed by atoms with Crippen LogP contribution in [0.25, 0.3) is 5.69 Å². The first-order valence-corrected chi connectivity index (χ1v) is 9.57. The Hall–Kier alpha value is -2.99. The summed E-state index contributed by atoms with van der Waals surface area (Å²) in [5, 5.41) is 4.22. The zero-order chi connectivity index (χ0) is 19.5. The van der Waals surface area contributed by atoms with Gasteiger partial charge in [-0.1, -0.05) is 24.6 Å². The van der Waals surface area contributed by atoms with Gasteiger partial charge in [0.2, 0.25) is 0 Å². The molecule has 0 radical (unpaired) electrons. The van der Waals surface area contributed by atoms with E-state index in [0.29, 0.717) is 16.8 Å². The third kappa shape index (κ3) is 3.82. The zero-order valence-electron chi connectivity index (χ0n) is 15.6. The van der Waals surface area contributed by atoms with Crippen molar-refractivity contribution in [1.82, 2.24) is 14.7 Å². The van der Waals surface area contributed by atoms with E-state index < -0.39 is 0 Å². The monoisotopic (exact) mass is 378 g/mol. The molecule has 3 aromatic rings. The number of halogens is 1. The second kappa shape index (κ2) is 7.94. The van der Waals surface area contributed by atoms with Crippen molar-refractivity contribution in [2.45, 2.75) is 25.8 Å². The maximum absolute atomic E-state index is 13.1. The van der Waals surface area contributed by atoms with Gasteiger partial charge < -0.3 is 5.73 Å². The number of likely N-dealkylation sites (tertiary alicyclic amines) is 1. The van der Waals surface area contributed by atoms with E-state index in [-0.39, 0.29) is 17.4 Å². The molecular formula is C22H23FN4O. The highest BCUT2D eigenvalue weighted by molar-refractivity contribution is 6.11. The second-order valence-corrected chi connectivity index (χ2v) is 7.20. The fourth-order valence-electron chi connectivity index (χ4n) is 3.66. The molecule has 0 amide bonds. The average Bonchev–Trinajstić information content (AvgIpc) is 3.10. The first kappa shape index (κ1) is 18.4. The minimum atomic E-state index is -0.337. The maximum Gasteiger partial charge on any atom is 0.198 e. The minimum Gasteiger partial charge on any atom is -0.383 e. The molecule has 1 saturated heterocycles. The van der Waals surface area contributed by atoms with Crippen LogP contribution < -0.4 is 5.73 Å².